The van der Waals surface area contributed by atoms with Gasteiger partial charge in [-0.3, -0.25) is 0 Å². The Morgan fingerprint density at radius 1 is 0.833 bits per heavy atom. The highest BCUT2D eigenvalue weighted by atomic mass is 16.5. The van der Waals surface area contributed by atoms with E-state index in [-0.39, 0.29) is 0 Å². The fraction of sp³-hybridized carbons (Fsp3) is 0.188. The fourth-order valence-corrected chi connectivity index (χ4v) is 5.08. The van der Waals surface area contributed by atoms with Crippen LogP contribution in [0.15, 0.2) is 97.1 Å². The quantitative estimate of drug-likeness (QED) is 0.252. The van der Waals surface area contributed by atoms with Gasteiger partial charge in [0, 0.05) is 23.2 Å². The van der Waals surface area contributed by atoms with Crippen LogP contribution in [0.2, 0.25) is 0 Å². The summed E-state index contributed by atoms with van der Waals surface area (Å²) in [4.78, 5) is 0. The lowest BCUT2D eigenvalue weighted by Gasteiger charge is -2.19. The molecule has 1 aromatic heterocycles. The van der Waals surface area contributed by atoms with E-state index < -0.39 is 6.10 Å². The zero-order valence-electron chi connectivity index (χ0n) is 21.0. The molecule has 0 bridgehead atoms. The molecule has 5 aromatic rings. The maximum Gasteiger partial charge on any atom is 0.119 e. The molecule has 36 heavy (non-hydrogen) atoms. The standard InChI is InChI=1S/C32H32N2O2/c1-22-18-23(2)31-29(19-22)30(24-10-6-4-7-11-24)32(25-12-8-5-9-13-25)34(31)21-27(35)20-33-26-14-16-28(36-3)17-15-26/h4-19,27,33,35H,20-21H2,1-3H3. The van der Waals surface area contributed by atoms with E-state index in [2.05, 4.69) is 90.5 Å². The second-order valence-electron chi connectivity index (χ2n) is 9.31. The maximum atomic E-state index is 11.2. The Labute approximate surface area is 212 Å². The second-order valence-corrected chi connectivity index (χ2v) is 9.31. The van der Waals surface area contributed by atoms with Crippen LogP contribution in [0, 0.1) is 13.8 Å². The Morgan fingerprint density at radius 3 is 2.11 bits per heavy atom. The Morgan fingerprint density at radius 2 is 1.47 bits per heavy atom. The lowest BCUT2D eigenvalue weighted by molar-refractivity contribution is 0.169. The van der Waals surface area contributed by atoms with Gasteiger partial charge in [-0.15, -0.1) is 0 Å². The predicted octanol–water partition coefficient (Wildman–Crippen LogP) is 7.07. The first kappa shape index (κ1) is 23.7. The first-order valence-corrected chi connectivity index (χ1v) is 12.4. The molecule has 4 aromatic carbocycles. The van der Waals surface area contributed by atoms with Gasteiger partial charge in [0.1, 0.15) is 5.75 Å². The van der Waals surface area contributed by atoms with Crippen molar-refractivity contribution in [2.45, 2.75) is 26.5 Å². The molecular weight excluding hydrogens is 444 g/mol. The number of aromatic nitrogens is 1. The number of benzene rings is 4. The number of methoxy groups -OCH3 is 1. The number of anilines is 1. The lowest BCUT2D eigenvalue weighted by Crippen LogP contribution is -2.25. The van der Waals surface area contributed by atoms with Gasteiger partial charge < -0.3 is 19.7 Å². The number of nitrogens with one attached hydrogen (secondary N) is 1. The smallest absolute Gasteiger partial charge is 0.119 e. The molecule has 182 valence electrons. The Hall–Kier alpha value is -4.02. The summed E-state index contributed by atoms with van der Waals surface area (Å²) in [6, 6.07) is 33.3. The van der Waals surface area contributed by atoms with E-state index in [1.54, 1.807) is 7.11 Å². The first-order valence-electron chi connectivity index (χ1n) is 12.4. The van der Waals surface area contributed by atoms with Crippen molar-refractivity contribution >= 4 is 16.6 Å². The highest BCUT2D eigenvalue weighted by molar-refractivity contribution is 6.06. The number of nitrogens with zero attached hydrogens (tertiary/aromatic N) is 1. The SMILES string of the molecule is COc1ccc(NCC(O)Cn2c(-c3ccccc3)c(-c3ccccc3)c3cc(C)cc(C)c32)cc1. The monoisotopic (exact) mass is 476 g/mol. The number of rotatable bonds is 8. The molecule has 0 aliphatic heterocycles. The van der Waals surface area contributed by atoms with E-state index in [0.29, 0.717) is 13.1 Å². The number of ether oxygens (including phenoxy) is 1. The molecule has 1 heterocycles. The molecule has 0 saturated heterocycles. The highest BCUT2D eigenvalue weighted by Crippen LogP contribution is 2.42. The van der Waals surface area contributed by atoms with Crippen molar-refractivity contribution in [3.63, 3.8) is 0 Å². The normalized spacial score (nSPS) is 12.0. The highest BCUT2D eigenvalue weighted by Gasteiger charge is 2.23. The lowest BCUT2D eigenvalue weighted by atomic mass is 9.97. The van der Waals surface area contributed by atoms with Crippen molar-refractivity contribution in [3.8, 4) is 28.1 Å². The van der Waals surface area contributed by atoms with E-state index in [9.17, 15) is 5.11 Å². The van der Waals surface area contributed by atoms with Crippen molar-refractivity contribution in [1.29, 1.82) is 0 Å². The summed E-state index contributed by atoms with van der Waals surface area (Å²) in [7, 11) is 1.66. The Bertz CT molecular complexity index is 1460. The second kappa shape index (κ2) is 10.3. The molecule has 0 amide bonds. The van der Waals surface area contributed by atoms with Gasteiger partial charge in [0.15, 0.2) is 0 Å². The van der Waals surface area contributed by atoms with Crippen LogP contribution in [0.1, 0.15) is 11.1 Å². The van der Waals surface area contributed by atoms with Crippen LogP contribution in [0.25, 0.3) is 33.3 Å². The number of aliphatic hydroxyl groups is 1. The average Bonchev–Trinajstić information content (AvgIpc) is 3.22. The number of hydrogen-bond acceptors (Lipinski definition) is 3. The van der Waals surface area contributed by atoms with Crippen LogP contribution in [-0.4, -0.2) is 29.4 Å². The van der Waals surface area contributed by atoms with Crippen molar-refractivity contribution in [1.82, 2.24) is 4.57 Å². The molecule has 0 aliphatic carbocycles. The number of hydrogen-bond donors (Lipinski definition) is 2. The van der Waals surface area contributed by atoms with Crippen LogP contribution >= 0.6 is 0 Å². The molecular formula is C32H32N2O2. The minimum atomic E-state index is -0.588. The third kappa shape index (κ3) is 4.73. The van der Waals surface area contributed by atoms with Gasteiger partial charge in [-0.1, -0.05) is 72.3 Å². The maximum absolute atomic E-state index is 11.2. The fourth-order valence-electron chi connectivity index (χ4n) is 5.08. The molecule has 4 nitrogen and oxygen atoms in total. The van der Waals surface area contributed by atoms with Gasteiger partial charge in [-0.25, -0.2) is 0 Å². The van der Waals surface area contributed by atoms with Crippen LogP contribution in [0.5, 0.6) is 5.75 Å². The molecule has 0 fully saturated rings. The van der Waals surface area contributed by atoms with E-state index >= 15 is 0 Å². The van der Waals surface area contributed by atoms with Crippen LogP contribution in [0.4, 0.5) is 5.69 Å². The van der Waals surface area contributed by atoms with Crippen LogP contribution in [-0.2, 0) is 6.54 Å². The average molecular weight is 477 g/mol. The van der Waals surface area contributed by atoms with Gasteiger partial charge in [0.25, 0.3) is 0 Å². The molecule has 1 unspecified atom stereocenters. The van der Waals surface area contributed by atoms with E-state index in [1.165, 1.54) is 33.2 Å². The number of aliphatic hydroxyl groups excluding tert-OH is 1. The number of fused-ring (bicyclic) bond motifs is 1. The summed E-state index contributed by atoms with van der Waals surface area (Å²) in [5, 5.41) is 15.8. The van der Waals surface area contributed by atoms with Crippen LogP contribution in [0.3, 0.4) is 0 Å². The summed E-state index contributed by atoms with van der Waals surface area (Å²) in [6.07, 6.45) is -0.588. The third-order valence-electron chi connectivity index (χ3n) is 6.63. The van der Waals surface area contributed by atoms with Gasteiger partial charge >= 0.3 is 0 Å². The molecule has 0 saturated carbocycles. The molecule has 0 aliphatic rings. The van der Waals surface area contributed by atoms with E-state index in [1.807, 2.05) is 30.3 Å². The summed E-state index contributed by atoms with van der Waals surface area (Å²) in [6.45, 7) is 5.22. The zero-order valence-corrected chi connectivity index (χ0v) is 21.0. The molecule has 5 rings (SSSR count). The van der Waals surface area contributed by atoms with Crippen molar-refractivity contribution in [3.05, 3.63) is 108 Å². The van der Waals surface area contributed by atoms with Gasteiger partial charge in [-0.05, 0) is 60.9 Å². The minimum absolute atomic E-state index is 0.436. The minimum Gasteiger partial charge on any atom is -0.497 e. The summed E-state index contributed by atoms with van der Waals surface area (Å²) in [5.74, 6) is 0.812. The van der Waals surface area contributed by atoms with Crippen molar-refractivity contribution in [2.24, 2.45) is 0 Å². The Balaban J connectivity index is 1.60. The molecule has 0 radical (unpaired) electrons. The molecule has 2 N–H and O–H groups in total. The number of aryl methyl sites for hydroxylation is 2. The van der Waals surface area contributed by atoms with Gasteiger partial charge in [-0.2, -0.15) is 0 Å². The van der Waals surface area contributed by atoms with Gasteiger partial charge in [0.2, 0.25) is 0 Å². The first-order chi connectivity index (χ1) is 17.5. The largest absolute Gasteiger partial charge is 0.497 e. The summed E-state index contributed by atoms with van der Waals surface area (Å²) >= 11 is 0. The summed E-state index contributed by atoms with van der Waals surface area (Å²) in [5.41, 5.74) is 9.22. The van der Waals surface area contributed by atoms with Gasteiger partial charge in [0.05, 0.1) is 31.0 Å². The van der Waals surface area contributed by atoms with E-state index in [4.69, 9.17) is 4.74 Å². The molecule has 0 spiro atoms. The third-order valence-corrected chi connectivity index (χ3v) is 6.63. The predicted molar refractivity (Wildman–Crippen MR) is 150 cm³/mol. The molecule has 1 atom stereocenters. The summed E-state index contributed by atoms with van der Waals surface area (Å²) < 4.78 is 7.56. The zero-order chi connectivity index (χ0) is 25.1. The topological polar surface area (TPSA) is 46.4 Å². The van der Waals surface area contributed by atoms with Crippen LogP contribution < -0.4 is 10.1 Å². The van der Waals surface area contributed by atoms with E-state index in [0.717, 1.165) is 22.7 Å². The molecule has 4 heteroatoms. The Kier molecular flexibility index (Phi) is 6.79. The van der Waals surface area contributed by atoms with Crippen molar-refractivity contribution in [2.75, 3.05) is 19.0 Å². The van der Waals surface area contributed by atoms with Crippen molar-refractivity contribution < 1.29 is 9.84 Å².